The van der Waals surface area contributed by atoms with Gasteiger partial charge in [-0.05, 0) is 44.0 Å². The van der Waals surface area contributed by atoms with Crippen molar-refractivity contribution >= 4 is 15.4 Å². The van der Waals surface area contributed by atoms with E-state index in [2.05, 4.69) is 14.5 Å². The number of rotatable bonds is 8. The number of aliphatic hydroxyl groups is 1. The summed E-state index contributed by atoms with van der Waals surface area (Å²) in [4.78, 5) is 12.1. The molecule has 1 aromatic carbocycles. The Hall–Kier alpha value is -1.84. The molecule has 0 fully saturated rings. The third-order valence-corrected chi connectivity index (χ3v) is 3.59. The Morgan fingerprint density at radius 1 is 1.30 bits per heavy atom. The van der Waals surface area contributed by atoms with Crippen LogP contribution in [0.15, 0.2) is 47.7 Å². The second-order valence-corrected chi connectivity index (χ2v) is 5.66. The Labute approximate surface area is 139 Å². The maximum Gasteiger partial charge on any atom is 0.323 e. The summed E-state index contributed by atoms with van der Waals surface area (Å²) in [6.07, 6.45) is 4.45. The van der Waals surface area contributed by atoms with Crippen LogP contribution in [0.3, 0.4) is 0 Å². The summed E-state index contributed by atoms with van der Waals surface area (Å²) in [6.45, 7) is 3.76. The van der Waals surface area contributed by atoms with Crippen LogP contribution in [0.1, 0.15) is 25.8 Å². The van der Waals surface area contributed by atoms with Gasteiger partial charge < -0.3 is 14.9 Å². The Morgan fingerprint density at radius 2 is 1.96 bits per heavy atom. The van der Waals surface area contributed by atoms with E-state index in [0.717, 1.165) is 11.1 Å². The van der Waals surface area contributed by atoms with Gasteiger partial charge in [-0.25, -0.2) is 0 Å². The number of hydrogen-bond acceptors (Lipinski definition) is 5. The zero-order chi connectivity index (χ0) is 17.2. The van der Waals surface area contributed by atoms with E-state index in [1.165, 1.54) is 0 Å². The van der Waals surface area contributed by atoms with Gasteiger partial charge in [0.15, 0.2) is 0 Å². The molecular formula is C17H24NO4P. The molecule has 0 saturated heterocycles. The fraction of sp³-hybridized carbons (Fsp3) is 0.353. The third kappa shape index (κ3) is 7.82. The normalized spacial score (nSPS) is 13.7. The smallest absolute Gasteiger partial charge is 0.323 e. The minimum Gasteiger partial charge on any atom is -0.513 e. The zero-order valence-corrected chi connectivity index (χ0v) is 14.6. The number of phenolic OH excluding ortho intramolecular Hbond substituents is 1. The van der Waals surface area contributed by atoms with Crippen LogP contribution >= 0.6 is 9.39 Å². The molecule has 0 aliphatic carbocycles. The van der Waals surface area contributed by atoms with Gasteiger partial charge in [-0.3, -0.25) is 9.88 Å². The molecule has 0 bridgehead atoms. The van der Waals surface area contributed by atoms with Crippen LogP contribution in [-0.4, -0.2) is 28.8 Å². The monoisotopic (exact) mass is 337 g/mol. The van der Waals surface area contributed by atoms with Crippen LogP contribution in [0.5, 0.6) is 5.75 Å². The van der Waals surface area contributed by atoms with Crippen molar-refractivity contribution in [2.75, 3.05) is 6.61 Å². The highest BCUT2D eigenvalue weighted by Crippen LogP contribution is 2.11. The number of carbonyl (C=O) groups is 1. The number of phenols is 1. The molecule has 5 nitrogen and oxygen atoms in total. The van der Waals surface area contributed by atoms with E-state index in [4.69, 9.17) is 9.84 Å². The molecule has 0 heterocycles. The Bertz CT molecular complexity index is 562. The van der Waals surface area contributed by atoms with Gasteiger partial charge in [-0.1, -0.05) is 33.2 Å². The summed E-state index contributed by atoms with van der Waals surface area (Å²) in [5.41, 5.74) is 1.94. The molecule has 0 radical (unpaired) electrons. The summed E-state index contributed by atoms with van der Waals surface area (Å²) < 4.78 is 5.29. The van der Waals surface area contributed by atoms with Crippen molar-refractivity contribution in [2.45, 2.75) is 32.7 Å². The highest BCUT2D eigenvalue weighted by atomic mass is 31.0. The average Bonchev–Trinajstić information content (AvgIpc) is 2.52. The third-order valence-electron chi connectivity index (χ3n) is 3.19. The molecule has 1 aromatic rings. The minimum atomic E-state index is -0.455. The first-order chi connectivity index (χ1) is 10.9. The van der Waals surface area contributed by atoms with Gasteiger partial charge in [-0.15, -0.1) is 0 Å². The Kier molecular flexibility index (Phi) is 8.38. The van der Waals surface area contributed by atoms with Gasteiger partial charge >= 0.3 is 5.97 Å². The van der Waals surface area contributed by atoms with Crippen LogP contribution in [0, 0.1) is 0 Å². The Morgan fingerprint density at radius 3 is 2.52 bits per heavy atom. The number of nitrogens with one attached hydrogen (secondary N) is 1. The molecule has 3 N–H and O–H groups in total. The predicted molar refractivity (Wildman–Crippen MR) is 94.2 cm³/mol. The molecule has 0 aromatic heterocycles. The highest BCUT2D eigenvalue weighted by molar-refractivity contribution is 7.13. The maximum absolute atomic E-state index is 12.1. The fourth-order valence-corrected chi connectivity index (χ4v) is 2.15. The maximum atomic E-state index is 12.1. The molecule has 2 unspecified atom stereocenters. The van der Waals surface area contributed by atoms with Crippen molar-refractivity contribution in [2.24, 2.45) is 0 Å². The summed E-state index contributed by atoms with van der Waals surface area (Å²) in [6, 6.07) is 6.35. The number of ether oxygens (including phenoxy) is 1. The largest absolute Gasteiger partial charge is 0.513 e. The summed E-state index contributed by atoms with van der Waals surface area (Å²) in [5, 5.41) is 21.2. The van der Waals surface area contributed by atoms with Crippen LogP contribution in [-0.2, 0) is 16.0 Å². The summed E-state index contributed by atoms with van der Waals surface area (Å²) >= 11 is 0. The molecule has 23 heavy (non-hydrogen) atoms. The van der Waals surface area contributed by atoms with Crippen molar-refractivity contribution in [1.82, 2.24) is 5.09 Å². The number of aromatic hydroxyl groups is 1. The standard InChI is InChI=1S/C17H24NO4P/c1-12(3-4-13(2)19)11-16(18-23)17(21)22-10-9-14-5-7-15(20)8-6-14/h3-8,16,18-20H,9-11,23H2,1-2H3/b12-3+,13-4+. The molecular weight excluding hydrogens is 313 g/mol. The molecule has 126 valence electrons. The van der Waals surface area contributed by atoms with Crippen molar-refractivity contribution in [3.05, 3.63) is 53.3 Å². The molecule has 1 rings (SSSR count). The van der Waals surface area contributed by atoms with E-state index in [9.17, 15) is 9.90 Å². The van der Waals surface area contributed by atoms with E-state index in [1.54, 1.807) is 43.3 Å². The average molecular weight is 337 g/mol. The number of hydrogen-bond donors (Lipinski definition) is 3. The quantitative estimate of drug-likeness (QED) is 0.294. The van der Waals surface area contributed by atoms with Crippen molar-refractivity contribution in [3.63, 3.8) is 0 Å². The lowest BCUT2D eigenvalue weighted by atomic mass is 10.1. The highest BCUT2D eigenvalue weighted by Gasteiger charge is 2.18. The van der Waals surface area contributed by atoms with Gasteiger partial charge in [-0.2, -0.15) is 0 Å². The minimum absolute atomic E-state index is 0.215. The lowest BCUT2D eigenvalue weighted by Crippen LogP contribution is -2.33. The lowest BCUT2D eigenvalue weighted by molar-refractivity contribution is -0.145. The zero-order valence-electron chi connectivity index (χ0n) is 13.5. The van der Waals surface area contributed by atoms with E-state index in [-0.39, 0.29) is 24.1 Å². The molecule has 0 amide bonds. The van der Waals surface area contributed by atoms with Gasteiger partial charge in [0.05, 0.1) is 12.4 Å². The number of aliphatic hydroxyl groups excluding tert-OH is 1. The van der Waals surface area contributed by atoms with Crippen LogP contribution in [0.25, 0.3) is 0 Å². The second-order valence-electron chi connectivity index (χ2n) is 5.33. The van der Waals surface area contributed by atoms with Crippen molar-refractivity contribution < 1.29 is 19.7 Å². The first kappa shape index (κ1) is 19.2. The fourth-order valence-electron chi connectivity index (χ4n) is 1.90. The Balaban J connectivity index is 2.45. The lowest BCUT2D eigenvalue weighted by Gasteiger charge is -2.15. The van der Waals surface area contributed by atoms with Crippen LogP contribution in [0.4, 0.5) is 0 Å². The first-order valence-corrected chi connectivity index (χ1v) is 7.93. The van der Waals surface area contributed by atoms with Gasteiger partial charge in [0, 0.05) is 6.42 Å². The molecule has 0 saturated carbocycles. The van der Waals surface area contributed by atoms with E-state index >= 15 is 0 Å². The number of benzene rings is 1. The van der Waals surface area contributed by atoms with E-state index < -0.39 is 6.04 Å². The van der Waals surface area contributed by atoms with Gasteiger partial charge in [0.25, 0.3) is 0 Å². The number of carbonyl (C=O) groups excluding carboxylic acids is 1. The first-order valence-electron chi connectivity index (χ1n) is 7.36. The van der Waals surface area contributed by atoms with E-state index in [1.807, 2.05) is 6.92 Å². The topological polar surface area (TPSA) is 78.8 Å². The predicted octanol–water partition coefficient (Wildman–Crippen LogP) is 3.02. The van der Waals surface area contributed by atoms with Crippen molar-refractivity contribution in [3.8, 4) is 5.75 Å². The van der Waals surface area contributed by atoms with Gasteiger partial charge in [0.1, 0.15) is 11.8 Å². The summed E-state index contributed by atoms with van der Waals surface area (Å²) in [5.74, 6) is 0.111. The van der Waals surface area contributed by atoms with Gasteiger partial charge in [0.2, 0.25) is 0 Å². The number of allylic oxidation sites excluding steroid dienone is 3. The molecule has 0 aliphatic heterocycles. The molecule has 2 atom stereocenters. The van der Waals surface area contributed by atoms with E-state index in [0.29, 0.717) is 12.8 Å². The molecule has 0 spiro atoms. The van der Waals surface area contributed by atoms with Crippen molar-refractivity contribution in [1.29, 1.82) is 0 Å². The summed E-state index contributed by atoms with van der Waals surface area (Å²) in [7, 11) is 2.33. The molecule has 0 aliphatic rings. The number of esters is 1. The van der Waals surface area contributed by atoms with Crippen LogP contribution < -0.4 is 5.09 Å². The SMILES string of the molecule is C/C(O)=C\C=C(/C)CC(NP)C(=O)OCCc1ccc(O)cc1. The van der Waals surface area contributed by atoms with Crippen LogP contribution in [0.2, 0.25) is 0 Å². The second kappa shape index (κ2) is 10.0. The molecule has 6 heteroatoms.